The molecule has 1 aliphatic rings. The number of ether oxygens (including phenoxy) is 2. The maximum absolute atomic E-state index is 5.46. The van der Waals surface area contributed by atoms with Crippen molar-refractivity contribution < 1.29 is 9.47 Å². The van der Waals surface area contributed by atoms with E-state index < -0.39 is 0 Å². The van der Waals surface area contributed by atoms with Gasteiger partial charge >= 0.3 is 0 Å². The van der Waals surface area contributed by atoms with Crippen molar-refractivity contribution in [1.29, 1.82) is 0 Å². The number of benzene rings is 1. The third-order valence-corrected chi connectivity index (χ3v) is 2.55. The third-order valence-electron chi connectivity index (χ3n) is 1.93. The quantitative estimate of drug-likeness (QED) is 0.821. The first-order valence-electron chi connectivity index (χ1n) is 4.05. The van der Waals surface area contributed by atoms with Crippen LogP contribution in [0, 0.1) is 0 Å². The first-order valence-corrected chi connectivity index (χ1v) is 4.85. The molecule has 0 radical (unpaired) electrons. The highest BCUT2D eigenvalue weighted by Gasteiger charge is 2.12. The van der Waals surface area contributed by atoms with Crippen molar-refractivity contribution in [3.63, 3.8) is 0 Å². The molecule has 0 amide bonds. The van der Waals surface area contributed by atoms with Crippen molar-refractivity contribution in [3.05, 3.63) is 16.6 Å². The molecular formula is C9H10BrNO2. The number of fused-ring (bicyclic) bond motifs is 1. The predicted molar refractivity (Wildman–Crippen MR) is 54.7 cm³/mol. The summed E-state index contributed by atoms with van der Waals surface area (Å²) in [6.07, 6.45) is 0. The summed E-state index contributed by atoms with van der Waals surface area (Å²) in [6, 6.07) is 3.85. The summed E-state index contributed by atoms with van der Waals surface area (Å²) in [5, 5.41) is 3.24. The van der Waals surface area contributed by atoms with Gasteiger partial charge < -0.3 is 14.8 Å². The lowest BCUT2D eigenvalue weighted by atomic mass is 10.2. The van der Waals surface area contributed by atoms with Gasteiger partial charge in [-0.05, 0) is 15.9 Å². The molecule has 0 unspecified atom stereocenters. The topological polar surface area (TPSA) is 30.5 Å². The van der Waals surface area contributed by atoms with Gasteiger partial charge in [0.2, 0.25) is 0 Å². The summed E-state index contributed by atoms with van der Waals surface area (Å²) < 4.78 is 11.5. The van der Waals surface area contributed by atoms with Crippen LogP contribution >= 0.6 is 15.9 Å². The Kier molecular flexibility index (Phi) is 2.31. The van der Waals surface area contributed by atoms with Crippen LogP contribution in [0.15, 0.2) is 16.6 Å². The molecule has 1 N–H and O–H groups in total. The average Bonchev–Trinajstić information content (AvgIpc) is 2.17. The minimum atomic E-state index is 0.714. The Morgan fingerprint density at radius 2 is 2.38 bits per heavy atom. The Morgan fingerprint density at radius 1 is 1.54 bits per heavy atom. The van der Waals surface area contributed by atoms with Gasteiger partial charge in [0.25, 0.3) is 0 Å². The molecule has 13 heavy (non-hydrogen) atoms. The molecule has 0 atom stereocenters. The van der Waals surface area contributed by atoms with Crippen LogP contribution in [0.4, 0.5) is 5.69 Å². The van der Waals surface area contributed by atoms with E-state index in [0.29, 0.717) is 6.61 Å². The lowest BCUT2D eigenvalue weighted by molar-refractivity contribution is 0.321. The second kappa shape index (κ2) is 3.46. The van der Waals surface area contributed by atoms with Gasteiger partial charge in [-0.2, -0.15) is 0 Å². The van der Waals surface area contributed by atoms with Crippen molar-refractivity contribution in [2.24, 2.45) is 0 Å². The van der Waals surface area contributed by atoms with Crippen molar-refractivity contribution in [2.45, 2.75) is 0 Å². The normalized spacial score (nSPS) is 14.0. The maximum atomic E-state index is 5.46. The highest BCUT2D eigenvalue weighted by molar-refractivity contribution is 9.10. The van der Waals surface area contributed by atoms with Crippen molar-refractivity contribution in [2.75, 3.05) is 25.6 Å². The standard InChI is InChI=1S/C9H10BrNO2/c1-12-8-5-7-9(4-6(8)10)13-3-2-11-7/h4-5,11H,2-3H2,1H3. The number of rotatable bonds is 1. The van der Waals surface area contributed by atoms with E-state index in [2.05, 4.69) is 21.2 Å². The minimum Gasteiger partial charge on any atom is -0.495 e. The second-order valence-corrected chi connectivity index (χ2v) is 3.61. The SMILES string of the molecule is COc1cc2c(cc1Br)OCCN2. The van der Waals surface area contributed by atoms with E-state index in [-0.39, 0.29) is 0 Å². The number of hydrogen-bond donors (Lipinski definition) is 1. The third kappa shape index (κ3) is 1.58. The summed E-state index contributed by atoms with van der Waals surface area (Å²) >= 11 is 3.40. The number of anilines is 1. The van der Waals surface area contributed by atoms with Crippen LogP contribution in [0.25, 0.3) is 0 Å². The molecule has 3 nitrogen and oxygen atoms in total. The van der Waals surface area contributed by atoms with Crippen molar-refractivity contribution in [3.8, 4) is 11.5 Å². The lowest BCUT2D eigenvalue weighted by Gasteiger charge is -2.20. The van der Waals surface area contributed by atoms with Gasteiger partial charge in [-0.1, -0.05) is 0 Å². The fourth-order valence-electron chi connectivity index (χ4n) is 1.30. The molecule has 1 aliphatic heterocycles. The fourth-order valence-corrected chi connectivity index (χ4v) is 1.78. The molecule has 0 aromatic heterocycles. The fraction of sp³-hybridized carbons (Fsp3) is 0.333. The second-order valence-electron chi connectivity index (χ2n) is 2.76. The Bertz CT molecular complexity index is 328. The monoisotopic (exact) mass is 243 g/mol. The molecule has 0 bridgehead atoms. The summed E-state index contributed by atoms with van der Waals surface area (Å²) in [4.78, 5) is 0. The summed E-state index contributed by atoms with van der Waals surface area (Å²) in [6.45, 7) is 1.56. The van der Waals surface area contributed by atoms with E-state index in [9.17, 15) is 0 Å². The molecule has 0 saturated carbocycles. The average molecular weight is 244 g/mol. The Labute approximate surface area is 85.2 Å². The number of methoxy groups -OCH3 is 1. The first-order chi connectivity index (χ1) is 6.31. The van der Waals surface area contributed by atoms with Crippen LogP contribution in [0.2, 0.25) is 0 Å². The highest BCUT2D eigenvalue weighted by atomic mass is 79.9. The first kappa shape index (κ1) is 8.69. The zero-order valence-electron chi connectivity index (χ0n) is 7.26. The van der Waals surface area contributed by atoms with Gasteiger partial charge in [-0.25, -0.2) is 0 Å². The maximum Gasteiger partial charge on any atom is 0.143 e. The van der Waals surface area contributed by atoms with Gasteiger partial charge in [0.05, 0.1) is 17.3 Å². The Morgan fingerprint density at radius 3 is 3.15 bits per heavy atom. The van der Waals surface area contributed by atoms with Gasteiger partial charge in [-0.3, -0.25) is 0 Å². The number of hydrogen-bond acceptors (Lipinski definition) is 3. The molecule has 70 valence electrons. The van der Waals surface area contributed by atoms with E-state index in [1.54, 1.807) is 7.11 Å². The van der Waals surface area contributed by atoms with Crippen LogP contribution in [0.5, 0.6) is 11.5 Å². The molecule has 0 saturated heterocycles. The minimum absolute atomic E-state index is 0.714. The molecule has 2 rings (SSSR count). The molecule has 0 spiro atoms. The molecule has 0 fully saturated rings. The number of halogens is 1. The van der Waals surface area contributed by atoms with Crippen LogP contribution in [-0.2, 0) is 0 Å². The van der Waals surface area contributed by atoms with Crippen LogP contribution < -0.4 is 14.8 Å². The summed E-state index contributed by atoms with van der Waals surface area (Å²) in [5.41, 5.74) is 0.992. The van der Waals surface area contributed by atoms with Crippen LogP contribution in [0.1, 0.15) is 0 Å². The molecule has 0 aliphatic carbocycles. The Balaban J connectivity index is 2.44. The zero-order valence-corrected chi connectivity index (χ0v) is 8.85. The number of nitrogens with one attached hydrogen (secondary N) is 1. The van der Waals surface area contributed by atoms with Crippen LogP contribution in [-0.4, -0.2) is 20.3 Å². The van der Waals surface area contributed by atoms with E-state index in [4.69, 9.17) is 9.47 Å². The van der Waals surface area contributed by atoms with E-state index in [1.807, 2.05) is 12.1 Å². The highest BCUT2D eigenvalue weighted by Crippen LogP contribution is 2.37. The van der Waals surface area contributed by atoms with Crippen molar-refractivity contribution in [1.82, 2.24) is 0 Å². The van der Waals surface area contributed by atoms with Gasteiger partial charge in [0, 0.05) is 18.7 Å². The van der Waals surface area contributed by atoms with Crippen LogP contribution in [0.3, 0.4) is 0 Å². The van der Waals surface area contributed by atoms with Gasteiger partial charge in [-0.15, -0.1) is 0 Å². The van der Waals surface area contributed by atoms with E-state index >= 15 is 0 Å². The largest absolute Gasteiger partial charge is 0.495 e. The smallest absolute Gasteiger partial charge is 0.143 e. The predicted octanol–water partition coefficient (Wildman–Crippen LogP) is 2.26. The molecule has 1 heterocycles. The molecule has 4 heteroatoms. The summed E-state index contributed by atoms with van der Waals surface area (Å²) in [7, 11) is 1.65. The molecule has 1 aromatic rings. The summed E-state index contributed by atoms with van der Waals surface area (Å²) in [5.74, 6) is 1.69. The Hall–Kier alpha value is -0.900. The van der Waals surface area contributed by atoms with E-state index in [0.717, 1.165) is 28.2 Å². The van der Waals surface area contributed by atoms with Crippen molar-refractivity contribution >= 4 is 21.6 Å². The molecular weight excluding hydrogens is 234 g/mol. The van der Waals surface area contributed by atoms with E-state index in [1.165, 1.54) is 0 Å². The van der Waals surface area contributed by atoms with Gasteiger partial charge in [0.1, 0.15) is 18.1 Å². The zero-order chi connectivity index (χ0) is 9.26. The molecule has 1 aromatic carbocycles. The lowest BCUT2D eigenvalue weighted by Crippen LogP contribution is -2.17. The van der Waals surface area contributed by atoms with Gasteiger partial charge in [0.15, 0.2) is 0 Å².